The van der Waals surface area contributed by atoms with E-state index in [2.05, 4.69) is 26.0 Å². The Morgan fingerprint density at radius 1 is 1.03 bits per heavy atom. The first-order valence-electron chi connectivity index (χ1n) is 11.9. The van der Waals surface area contributed by atoms with Crippen LogP contribution < -0.4 is 10.6 Å². The zero-order valence-electron chi connectivity index (χ0n) is 21.0. The second kappa shape index (κ2) is 14.9. The standard InChI is InChI=1S/C12H17NO3S.C8H17N.C7H8/c1-4-8-13(10(2)14)11-6-5-7-12(9-11)17(3,15)16;1-7-2-4-8(6-9)5-3-7;1-7-5-3-2-4-6-7/h5-7,9H,4,8H2,1-3H3;7-8H,2-6,9H2,1H3;2-6H,1H3. The summed E-state index contributed by atoms with van der Waals surface area (Å²) < 4.78 is 22.9. The molecule has 2 N–H and O–H groups in total. The van der Waals surface area contributed by atoms with Gasteiger partial charge >= 0.3 is 0 Å². The highest BCUT2D eigenvalue weighted by atomic mass is 32.2. The quantitative estimate of drug-likeness (QED) is 0.610. The van der Waals surface area contributed by atoms with E-state index in [0.29, 0.717) is 12.2 Å². The molecule has 0 atom stereocenters. The van der Waals surface area contributed by atoms with Gasteiger partial charge in [0.25, 0.3) is 0 Å². The number of benzene rings is 2. The molecule has 0 unspecified atom stereocenters. The van der Waals surface area contributed by atoms with E-state index < -0.39 is 9.84 Å². The molecular formula is C27H42N2O3S. The minimum atomic E-state index is -3.24. The van der Waals surface area contributed by atoms with Gasteiger partial charge in [-0.1, -0.05) is 68.7 Å². The molecule has 184 valence electrons. The number of hydrogen-bond acceptors (Lipinski definition) is 4. The summed E-state index contributed by atoms with van der Waals surface area (Å²) in [7, 11) is -3.24. The average molecular weight is 475 g/mol. The van der Waals surface area contributed by atoms with Crippen molar-refractivity contribution in [3.63, 3.8) is 0 Å². The fourth-order valence-corrected chi connectivity index (χ4v) is 4.33. The number of nitrogens with zero attached hydrogens (tertiary/aromatic N) is 1. The number of anilines is 1. The fraction of sp³-hybridized carbons (Fsp3) is 0.519. The Kier molecular flexibility index (Phi) is 13.0. The predicted molar refractivity (Wildman–Crippen MR) is 139 cm³/mol. The fourth-order valence-electron chi connectivity index (χ4n) is 3.67. The number of sulfone groups is 1. The van der Waals surface area contributed by atoms with Crippen LogP contribution in [-0.2, 0) is 14.6 Å². The highest BCUT2D eigenvalue weighted by Crippen LogP contribution is 2.27. The molecule has 0 saturated heterocycles. The molecule has 0 aromatic heterocycles. The molecule has 0 radical (unpaired) electrons. The van der Waals surface area contributed by atoms with E-state index in [1.807, 2.05) is 25.1 Å². The molecule has 0 aliphatic heterocycles. The van der Waals surface area contributed by atoms with Crippen LogP contribution in [0.4, 0.5) is 5.69 Å². The summed E-state index contributed by atoms with van der Waals surface area (Å²) in [6, 6.07) is 16.7. The molecule has 0 bridgehead atoms. The van der Waals surface area contributed by atoms with Crippen molar-refractivity contribution < 1.29 is 13.2 Å². The van der Waals surface area contributed by atoms with Crippen LogP contribution in [0.15, 0.2) is 59.5 Å². The lowest BCUT2D eigenvalue weighted by Crippen LogP contribution is -2.29. The van der Waals surface area contributed by atoms with Crippen LogP contribution in [-0.4, -0.2) is 33.7 Å². The Morgan fingerprint density at radius 3 is 2.06 bits per heavy atom. The number of carbonyl (C=O) groups excluding carboxylic acids is 1. The SMILES string of the molecule is CC1CCC(CN)CC1.CCCN(C(C)=O)c1cccc(S(C)(=O)=O)c1.Cc1ccccc1. The van der Waals surface area contributed by atoms with Gasteiger partial charge in [0.1, 0.15) is 0 Å². The van der Waals surface area contributed by atoms with Crippen LogP contribution in [0.2, 0.25) is 0 Å². The van der Waals surface area contributed by atoms with Crippen LogP contribution in [0.3, 0.4) is 0 Å². The minimum Gasteiger partial charge on any atom is -0.330 e. The Hall–Kier alpha value is -2.18. The van der Waals surface area contributed by atoms with Gasteiger partial charge in [-0.2, -0.15) is 0 Å². The molecule has 1 saturated carbocycles. The Labute approximate surface area is 201 Å². The summed E-state index contributed by atoms with van der Waals surface area (Å²) in [5, 5.41) is 0. The van der Waals surface area contributed by atoms with Crippen molar-refractivity contribution in [3.05, 3.63) is 60.2 Å². The van der Waals surface area contributed by atoms with Gasteiger partial charge in [-0.15, -0.1) is 0 Å². The summed E-state index contributed by atoms with van der Waals surface area (Å²) in [4.78, 5) is 13.3. The Morgan fingerprint density at radius 2 is 1.64 bits per heavy atom. The summed E-state index contributed by atoms with van der Waals surface area (Å²) in [6.45, 7) is 9.36. The van der Waals surface area contributed by atoms with Gasteiger partial charge in [0, 0.05) is 25.4 Å². The zero-order chi connectivity index (χ0) is 24.9. The molecular weight excluding hydrogens is 432 g/mol. The van der Waals surface area contributed by atoms with Crippen molar-refractivity contribution in [2.45, 2.75) is 64.7 Å². The van der Waals surface area contributed by atoms with E-state index in [1.54, 1.807) is 17.0 Å². The average Bonchev–Trinajstić information content (AvgIpc) is 2.79. The van der Waals surface area contributed by atoms with Crippen molar-refractivity contribution in [3.8, 4) is 0 Å². The first-order chi connectivity index (χ1) is 15.6. The van der Waals surface area contributed by atoms with E-state index in [4.69, 9.17) is 5.73 Å². The molecule has 1 fully saturated rings. The molecule has 0 spiro atoms. The third-order valence-electron chi connectivity index (χ3n) is 5.79. The molecule has 3 rings (SSSR count). The molecule has 6 heteroatoms. The lowest BCUT2D eigenvalue weighted by molar-refractivity contribution is -0.116. The summed E-state index contributed by atoms with van der Waals surface area (Å²) >= 11 is 0. The van der Waals surface area contributed by atoms with Crippen LogP contribution in [0, 0.1) is 18.8 Å². The van der Waals surface area contributed by atoms with Gasteiger partial charge in [-0.3, -0.25) is 4.79 Å². The first-order valence-corrected chi connectivity index (χ1v) is 13.8. The van der Waals surface area contributed by atoms with Gasteiger partial charge in [0.15, 0.2) is 9.84 Å². The number of carbonyl (C=O) groups is 1. The lowest BCUT2D eigenvalue weighted by Gasteiger charge is -2.24. The van der Waals surface area contributed by atoms with E-state index in [0.717, 1.165) is 31.1 Å². The van der Waals surface area contributed by atoms with Crippen molar-refractivity contribution in [1.82, 2.24) is 0 Å². The van der Waals surface area contributed by atoms with E-state index in [-0.39, 0.29) is 10.8 Å². The molecule has 1 amide bonds. The molecule has 33 heavy (non-hydrogen) atoms. The third kappa shape index (κ3) is 11.5. The topological polar surface area (TPSA) is 80.5 Å². The lowest BCUT2D eigenvalue weighted by atomic mass is 9.83. The van der Waals surface area contributed by atoms with Crippen molar-refractivity contribution in [2.75, 3.05) is 24.2 Å². The van der Waals surface area contributed by atoms with Gasteiger partial charge in [-0.25, -0.2) is 8.42 Å². The first kappa shape index (κ1) is 28.9. The van der Waals surface area contributed by atoms with Crippen LogP contribution >= 0.6 is 0 Å². The number of aryl methyl sites for hydroxylation is 1. The summed E-state index contributed by atoms with van der Waals surface area (Å²) in [5.74, 6) is 1.73. The van der Waals surface area contributed by atoms with Crippen LogP contribution in [0.25, 0.3) is 0 Å². The Balaban J connectivity index is 0.000000282. The number of hydrogen-bond donors (Lipinski definition) is 1. The number of amides is 1. The maximum absolute atomic E-state index is 11.5. The summed E-state index contributed by atoms with van der Waals surface area (Å²) in [6.07, 6.45) is 7.53. The van der Waals surface area contributed by atoms with Gasteiger partial charge < -0.3 is 10.6 Å². The highest BCUT2D eigenvalue weighted by molar-refractivity contribution is 7.90. The van der Waals surface area contributed by atoms with E-state index in [1.165, 1.54) is 50.3 Å². The second-order valence-electron chi connectivity index (χ2n) is 8.96. The van der Waals surface area contributed by atoms with Crippen LogP contribution in [0.1, 0.15) is 58.4 Å². The van der Waals surface area contributed by atoms with Gasteiger partial charge in [-0.05, 0) is 62.8 Å². The molecule has 1 aliphatic carbocycles. The maximum atomic E-state index is 11.5. The maximum Gasteiger partial charge on any atom is 0.223 e. The normalized spacial score (nSPS) is 17.6. The highest BCUT2D eigenvalue weighted by Gasteiger charge is 2.16. The van der Waals surface area contributed by atoms with Crippen molar-refractivity contribution >= 4 is 21.4 Å². The van der Waals surface area contributed by atoms with E-state index >= 15 is 0 Å². The van der Waals surface area contributed by atoms with Gasteiger partial charge in [0.05, 0.1) is 4.90 Å². The van der Waals surface area contributed by atoms with Crippen molar-refractivity contribution in [1.29, 1.82) is 0 Å². The van der Waals surface area contributed by atoms with Crippen LogP contribution in [0.5, 0.6) is 0 Å². The summed E-state index contributed by atoms with van der Waals surface area (Å²) in [5.41, 5.74) is 7.50. The van der Waals surface area contributed by atoms with E-state index in [9.17, 15) is 13.2 Å². The number of rotatable bonds is 5. The smallest absolute Gasteiger partial charge is 0.223 e. The molecule has 0 heterocycles. The largest absolute Gasteiger partial charge is 0.330 e. The zero-order valence-corrected chi connectivity index (χ0v) is 21.8. The molecule has 5 nitrogen and oxygen atoms in total. The monoisotopic (exact) mass is 474 g/mol. The molecule has 2 aromatic rings. The Bertz CT molecular complexity index is 921. The molecule has 2 aromatic carbocycles. The molecule has 1 aliphatic rings. The second-order valence-corrected chi connectivity index (χ2v) is 11.0. The third-order valence-corrected chi connectivity index (χ3v) is 6.90. The minimum absolute atomic E-state index is 0.0856. The predicted octanol–water partition coefficient (Wildman–Crippen LogP) is 5.62. The van der Waals surface area contributed by atoms with Crippen molar-refractivity contribution in [2.24, 2.45) is 17.6 Å². The number of nitrogens with two attached hydrogens (primary N) is 1. The van der Waals surface area contributed by atoms with Gasteiger partial charge in [0.2, 0.25) is 5.91 Å².